The summed E-state index contributed by atoms with van der Waals surface area (Å²) in [5, 5.41) is 3.09. The summed E-state index contributed by atoms with van der Waals surface area (Å²) >= 11 is 0. The predicted molar refractivity (Wildman–Crippen MR) is 103 cm³/mol. The molecule has 1 amide bonds. The van der Waals surface area contributed by atoms with Crippen LogP contribution in [0.5, 0.6) is 0 Å². The van der Waals surface area contributed by atoms with Gasteiger partial charge < -0.3 is 15.1 Å². The zero-order valence-corrected chi connectivity index (χ0v) is 15.8. The molecule has 1 aliphatic heterocycles. The van der Waals surface area contributed by atoms with Crippen LogP contribution in [-0.2, 0) is 0 Å². The fourth-order valence-corrected chi connectivity index (χ4v) is 3.51. The van der Waals surface area contributed by atoms with Gasteiger partial charge in [-0.3, -0.25) is 9.78 Å². The van der Waals surface area contributed by atoms with Gasteiger partial charge in [0.2, 0.25) is 0 Å². The van der Waals surface area contributed by atoms with Gasteiger partial charge >= 0.3 is 0 Å². The summed E-state index contributed by atoms with van der Waals surface area (Å²) in [4.78, 5) is 30.1. The first-order chi connectivity index (χ1) is 13.1. The summed E-state index contributed by atoms with van der Waals surface area (Å²) in [7, 11) is 2.17. The van der Waals surface area contributed by atoms with E-state index in [-0.39, 0.29) is 11.3 Å². The van der Waals surface area contributed by atoms with Crippen LogP contribution in [0.2, 0.25) is 0 Å². The molecule has 7 heteroatoms. The Bertz CT molecular complexity index is 767. The zero-order valence-electron chi connectivity index (χ0n) is 15.8. The molecular formula is C20H26N6O. The van der Waals surface area contributed by atoms with Crippen molar-refractivity contribution in [2.45, 2.75) is 12.8 Å². The van der Waals surface area contributed by atoms with E-state index in [1.165, 1.54) is 12.8 Å². The summed E-state index contributed by atoms with van der Waals surface area (Å²) in [5.41, 5.74) is 1.59. The standard InChI is InChI=1S/C20H26N6O/c1-25-7-9-26(10-8-25)15-20(4-5-20)14-24-19(27)17-12-22-18(23-13-17)16-3-2-6-21-11-16/h2-3,6,11-13H,4-5,7-10,14-15H2,1H3,(H,24,27). The molecule has 142 valence electrons. The van der Waals surface area contributed by atoms with Crippen molar-refractivity contribution in [3.05, 3.63) is 42.5 Å². The summed E-state index contributed by atoms with van der Waals surface area (Å²) in [6, 6.07) is 3.74. The zero-order chi connectivity index (χ0) is 18.7. The monoisotopic (exact) mass is 366 g/mol. The van der Waals surface area contributed by atoms with E-state index in [1.54, 1.807) is 24.8 Å². The lowest BCUT2D eigenvalue weighted by atomic mass is 10.1. The Balaban J connectivity index is 1.30. The molecule has 2 fully saturated rings. The molecule has 1 saturated carbocycles. The van der Waals surface area contributed by atoms with Crippen LogP contribution in [0, 0.1) is 5.41 Å². The molecular weight excluding hydrogens is 340 g/mol. The largest absolute Gasteiger partial charge is 0.351 e. The van der Waals surface area contributed by atoms with Gasteiger partial charge in [-0.25, -0.2) is 9.97 Å². The highest BCUT2D eigenvalue weighted by atomic mass is 16.1. The second-order valence-corrected chi connectivity index (χ2v) is 7.80. The van der Waals surface area contributed by atoms with E-state index in [0.717, 1.165) is 44.8 Å². The van der Waals surface area contributed by atoms with Crippen LogP contribution in [-0.4, -0.2) is 77.0 Å². The second kappa shape index (κ2) is 7.70. The van der Waals surface area contributed by atoms with Gasteiger partial charge in [0.25, 0.3) is 5.91 Å². The Morgan fingerprint density at radius 1 is 1.15 bits per heavy atom. The summed E-state index contributed by atoms with van der Waals surface area (Å²) < 4.78 is 0. The third-order valence-corrected chi connectivity index (χ3v) is 5.57. The Kier molecular flexibility index (Phi) is 5.13. The highest BCUT2D eigenvalue weighted by molar-refractivity contribution is 5.93. The second-order valence-electron chi connectivity index (χ2n) is 7.80. The van der Waals surface area contributed by atoms with Gasteiger partial charge in [-0.1, -0.05) is 0 Å². The van der Waals surface area contributed by atoms with E-state index in [1.807, 2.05) is 12.1 Å². The molecule has 27 heavy (non-hydrogen) atoms. The van der Waals surface area contributed by atoms with Crippen molar-refractivity contribution in [1.82, 2.24) is 30.1 Å². The van der Waals surface area contributed by atoms with Crippen molar-refractivity contribution in [1.29, 1.82) is 0 Å². The SMILES string of the molecule is CN1CCN(CC2(CNC(=O)c3cnc(-c4cccnc4)nc3)CC2)CC1. The van der Waals surface area contributed by atoms with E-state index in [0.29, 0.717) is 11.4 Å². The fourth-order valence-electron chi connectivity index (χ4n) is 3.51. The Morgan fingerprint density at radius 2 is 1.89 bits per heavy atom. The van der Waals surface area contributed by atoms with Gasteiger partial charge in [-0.2, -0.15) is 0 Å². The molecule has 1 aliphatic carbocycles. The summed E-state index contributed by atoms with van der Waals surface area (Å²) in [6.45, 7) is 6.30. The topological polar surface area (TPSA) is 74.2 Å². The average Bonchev–Trinajstić information content (AvgIpc) is 3.48. The van der Waals surface area contributed by atoms with E-state index < -0.39 is 0 Å². The summed E-state index contributed by atoms with van der Waals surface area (Å²) in [6.07, 6.45) is 8.98. The molecule has 3 heterocycles. The lowest BCUT2D eigenvalue weighted by Gasteiger charge is -2.34. The molecule has 1 saturated heterocycles. The Hall–Kier alpha value is -2.38. The summed E-state index contributed by atoms with van der Waals surface area (Å²) in [5.74, 6) is 0.478. The highest BCUT2D eigenvalue weighted by Crippen LogP contribution is 2.45. The number of hydrogen-bond donors (Lipinski definition) is 1. The number of pyridine rings is 1. The van der Waals surface area contributed by atoms with Crippen molar-refractivity contribution >= 4 is 5.91 Å². The number of rotatable bonds is 6. The van der Waals surface area contributed by atoms with Gasteiger partial charge in [0, 0.05) is 75.0 Å². The van der Waals surface area contributed by atoms with Gasteiger partial charge in [-0.15, -0.1) is 0 Å². The lowest BCUT2D eigenvalue weighted by Crippen LogP contribution is -2.47. The first-order valence-electron chi connectivity index (χ1n) is 9.55. The number of hydrogen-bond acceptors (Lipinski definition) is 6. The number of nitrogens with one attached hydrogen (secondary N) is 1. The van der Waals surface area contributed by atoms with E-state index in [4.69, 9.17) is 0 Å². The first-order valence-corrected chi connectivity index (χ1v) is 9.55. The quantitative estimate of drug-likeness (QED) is 0.831. The molecule has 2 aromatic rings. The maximum atomic E-state index is 12.5. The van der Waals surface area contributed by atoms with Crippen LogP contribution >= 0.6 is 0 Å². The minimum absolute atomic E-state index is 0.0996. The molecule has 7 nitrogen and oxygen atoms in total. The van der Waals surface area contributed by atoms with Crippen LogP contribution in [0.4, 0.5) is 0 Å². The maximum Gasteiger partial charge on any atom is 0.254 e. The molecule has 0 atom stereocenters. The van der Waals surface area contributed by atoms with Gasteiger partial charge in [0.15, 0.2) is 5.82 Å². The number of amides is 1. The lowest BCUT2D eigenvalue weighted by molar-refractivity contribution is 0.0926. The van der Waals surface area contributed by atoms with E-state index in [2.05, 4.69) is 37.1 Å². The average molecular weight is 366 g/mol. The minimum Gasteiger partial charge on any atom is -0.351 e. The number of piperazine rings is 1. The highest BCUT2D eigenvalue weighted by Gasteiger charge is 2.44. The molecule has 0 spiro atoms. The molecule has 0 unspecified atom stereocenters. The first kappa shape index (κ1) is 18.0. The molecule has 1 N–H and O–H groups in total. The third kappa shape index (κ3) is 4.48. The smallest absolute Gasteiger partial charge is 0.254 e. The van der Waals surface area contributed by atoms with Crippen molar-refractivity contribution in [3.8, 4) is 11.4 Å². The van der Waals surface area contributed by atoms with Crippen LogP contribution < -0.4 is 5.32 Å². The van der Waals surface area contributed by atoms with E-state index in [9.17, 15) is 4.79 Å². The number of carbonyl (C=O) groups is 1. The predicted octanol–water partition coefficient (Wildman–Crippen LogP) is 1.30. The number of nitrogens with zero attached hydrogens (tertiary/aromatic N) is 5. The van der Waals surface area contributed by atoms with Crippen LogP contribution in [0.25, 0.3) is 11.4 Å². The maximum absolute atomic E-state index is 12.5. The van der Waals surface area contributed by atoms with Gasteiger partial charge in [0.1, 0.15) is 0 Å². The molecule has 4 rings (SSSR count). The Labute approximate surface area is 159 Å². The fraction of sp³-hybridized carbons (Fsp3) is 0.500. The van der Waals surface area contributed by atoms with Crippen molar-refractivity contribution < 1.29 is 4.79 Å². The third-order valence-electron chi connectivity index (χ3n) is 5.57. The normalized spacial score (nSPS) is 19.6. The van der Waals surface area contributed by atoms with Crippen molar-refractivity contribution in [2.24, 2.45) is 5.41 Å². The molecule has 0 aromatic carbocycles. The number of likely N-dealkylation sites (N-methyl/N-ethyl adjacent to an activating group) is 1. The number of aromatic nitrogens is 3. The molecule has 2 aliphatic rings. The van der Waals surface area contributed by atoms with Crippen LogP contribution in [0.15, 0.2) is 36.9 Å². The van der Waals surface area contributed by atoms with Crippen molar-refractivity contribution in [3.63, 3.8) is 0 Å². The minimum atomic E-state index is -0.0996. The van der Waals surface area contributed by atoms with Gasteiger partial charge in [0.05, 0.1) is 5.56 Å². The van der Waals surface area contributed by atoms with Crippen LogP contribution in [0.1, 0.15) is 23.2 Å². The van der Waals surface area contributed by atoms with E-state index >= 15 is 0 Å². The molecule has 2 aromatic heterocycles. The van der Waals surface area contributed by atoms with Crippen molar-refractivity contribution in [2.75, 3.05) is 46.3 Å². The molecule has 0 radical (unpaired) electrons. The van der Waals surface area contributed by atoms with Crippen LogP contribution in [0.3, 0.4) is 0 Å². The molecule has 0 bridgehead atoms. The Morgan fingerprint density at radius 3 is 2.52 bits per heavy atom. The van der Waals surface area contributed by atoms with Gasteiger partial charge in [-0.05, 0) is 32.0 Å². The number of carbonyl (C=O) groups excluding carboxylic acids is 1.